The van der Waals surface area contributed by atoms with Crippen molar-refractivity contribution in [3.05, 3.63) is 0 Å². The van der Waals surface area contributed by atoms with Gasteiger partial charge in [0.15, 0.2) is 0 Å². The standard InChI is InChI=1S/C8H17NO.2C2HF3O2/c1-2-3-4-5-6-7-8(9)10;2*3-2(4,5)1(6)7/h2-7H2,1H3,(H2,9,10);2*(H,6,7). The summed E-state index contributed by atoms with van der Waals surface area (Å²) in [7, 11) is 0. The molecule has 0 unspecified atom stereocenters. The van der Waals surface area contributed by atoms with E-state index in [0.29, 0.717) is 6.42 Å². The lowest BCUT2D eigenvalue weighted by Gasteiger charge is -1.95. The summed E-state index contributed by atoms with van der Waals surface area (Å²) in [6.45, 7) is 2.17. The molecule has 0 aliphatic rings. The van der Waals surface area contributed by atoms with E-state index in [2.05, 4.69) is 6.92 Å². The number of aliphatic carboxylic acids is 2. The number of carbonyl (C=O) groups excluding carboxylic acids is 1. The smallest absolute Gasteiger partial charge is 0.475 e. The number of primary amides is 1. The SMILES string of the molecule is CCCCCCCC(N)=O.O=C(O)C(F)(F)F.O=C(O)C(F)(F)F. The zero-order valence-corrected chi connectivity index (χ0v) is 12.7. The maximum Gasteiger partial charge on any atom is 0.490 e. The lowest BCUT2D eigenvalue weighted by Crippen LogP contribution is -2.21. The van der Waals surface area contributed by atoms with Crippen LogP contribution >= 0.6 is 0 Å². The highest BCUT2D eigenvalue weighted by Gasteiger charge is 2.38. The van der Waals surface area contributed by atoms with E-state index in [9.17, 15) is 31.1 Å². The predicted octanol–water partition coefficient (Wildman–Crippen LogP) is 3.10. The average Bonchev–Trinajstić information content (AvgIpc) is 2.37. The van der Waals surface area contributed by atoms with Crippen LogP contribution in [0.1, 0.15) is 45.4 Å². The molecule has 24 heavy (non-hydrogen) atoms. The Hall–Kier alpha value is -2.01. The highest BCUT2D eigenvalue weighted by molar-refractivity contribution is 5.73. The molecule has 0 bridgehead atoms. The van der Waals surface area contributed by atoms with Crippen molar-refractivity contribution in [3.63, 3.8) is 0 Å². The molecule has 1 amide bonds. The summed E-state index contributed by atoms with van der Waals surface area (Å²) in [4.78, 5) is 28.0. The summed E-state index contributed by atoms with van der Waals surface area (Å²) in [5.41, 5.74) is 4.97. The highest BCUT2D eigenvalue weighted by atomic mass is 19.4. The van der Waals surface area contributed by atoms with Crippen molar-refractivity contribution in [1.29, 1.82) is 0 Å². The van der Waals surface area contributed by atoms with E-state index in [0.717, 1.165) is 12.8 Å². The van der Waals surface area contributed by atoms with Crippen molar-refractivity contribution in [2.45, 2.75) is 57.8 Å². The molecular formula is C12H19F6NO5. The fraction of sp³-hybridized carbons (Fsp3) is 0.750. The first-order valence-corrected chi connectivity index (χ1v) is 6.54. The van der Waals surface area contributed by atoms with Gasteiger partial charge in [-0.2, -0.15) is 26.3 Å². The van der Waals surface area contributed by atoms with Crippen molar-refractivity contribution in [3.8, 4) is 0 Å². The number of unbranched alkanes of at least 4 members (excludes halogenated alkanes) is 4. The van der Waals surface area contributed by atoms with Crippen LogP contribution in [0.25, 0.3) is 0 Å². The van der Waals surface area contributed by atoms with Crippen molar-refractivity contribution < 1.29 is 50.9 Å². The second kappa shape index (κ2) is 13.4. The minimum absolute atomic E-state index is 0.170. The Kier molecular flexibility index (Phi) is 15.0. The van der Waals surface area contributed by atoms with Gasteiger partial charge in [0.05, 0.1) is 0 Å². The third kappa shape index (κ3) is 25.0. The van der Waals surface area contributed by atoms with Crippen LogP contribution in [0, 0.1) is 0 Å². The molecule has 4 N–H and O–H groups in total. The third-order valence-electron chi connectivity index (χ3n) is 2.01. The number of alkyl halides is 6. The lowest BCUT2D eigenvalue weighted by molar-refractivity contribution is -0.193. The van der Waals surface area contributed by atoms with E-state index in [1.165, 1.54) is 19.3 Å². The van der Waals surface area contributed by atoms with Crippen molar-refractivity contribution in [2.24, 2.45) is 5.73 Å². The summed E-state index contributed by atoms with van der Waals surface area (Å²) < 4.78 is 63.5. The van der Waals surface area contributed by atoms with Gasteiger partial charge in [0, 0.05) is 6.42 Å². The molecule has 144 valence electrons. The van der Waals surface area contributed by atoms with Gasteiger partial charge >= 0.3 is 24.3 Å². The predicted molar refractivity (Wildman–Crippen MR) is 70.0 cm³/mol. The first-order chi connectivity index (χ1) is 10.7. The van der Waals surface area contributed by atoms with Crippen LogP contribution in [-0.4, -0.2) is 40.4 Å². The molecule has 0 radical (unpaired) electrons. The molecule has 12 heteroatoms. The maximum absolute atomic E-state index is 10.6. The molecule has 0 atom stereocenters. The van der Waals surface area contributed by atoms with Crippen LogP contribution in [0.2, 0.25) is 0 Å². The summed E-state index contributed by atoms with van der Waals surface area (Å²) in [6, 6.07) is 0. The summed E-state index contributed by atoms with van der Waals surface area (Å²) >= 11 is 0. The number of hydrogen-bond donors (Lipinski definition) is 3. The lowest BCUT2D eigenvalue weighted by atomic mass is 10.1. The second-order valence-corrected chi connectivity index (χ2v) is 4.24. The summed E-state index contributed by atoms with van der Waals surface area (Å²) in [6.07, 6.45) is -3.73. The molecule has 0 aliphatic heterocycles. The topological polar surface area (TPSA) is 118 Å². The van der Waals surface area contributed by atoms with E-state index in [1.54, 1.807) is 0 Å². The number of nitrogens with two attached hydrogens (primary N) is 1. The van der Waals surface area contributed by atoms with Crippen LogP contribution < -0.4 is 5.73 Å². The van der Waals surface area contributed by atoms with Gasteiger partial charge in [0.2, 0.25) is 5.91 Å². The molecule has 0 rings (SSSR count). The molecule has 0 aromatic carbocycles. The van der Waals surface area contributed by atoms with Gasteiger partial charge in [-0.05, 0) is 6.42 Å². The number of carbonyl (C=O) groups is 3. The summed E-state index contributed by atoms with van der Waals surface area (Å²) in [5.74, 6) is -5.68. The molecule has 0 saturated carbocycles. The molecular weight excluding hydrogens is 352 g/mol. The quantitative estimate of drug-likeness (QED) is 0.490. The molecule has 6 nitrogen and oxygen atoms in total. The molecule has 0 aromatic rings. The average molecular weight is 371 g/mol. The van der Waals surface area contributed by atoms with Gasteiger partial charge in [-0.15, -0.1) is 0 Å². The minimum Gasteiger partial charge on any atom is -0.475 e. The second-order valence-electron chi connectivity index (χ2n) is 4.24. The van der Waals surface area contributed by atoms with E-state index in [-0.39, 0.29) is 5.91 Å². The molecule has 0 aliphatic carbocycles. The van der Waals surface area contributed by atoms with Crippen LogP contribution in [-0.2, 0) is 14.4 Å². The Balaban J connectivity index is -0.000000283. The van der Waals surface area contributed by atoms with Crippen LogP contribution in [0.5, 0.6) is 0 Å². The fourth-order valence-electron chi connectivity index (χ4n) is 0.903. The number of rotatable bonds is 6. The Morgan fingerprint density at radius 3 is 1.29 bits per heavy atom. The van der Waals surface area contributed by atoms with E-state index < -0.39 is 24.3 Å². The molecule has 0 aromatic heterocycles. The van der Waals surface area contributed by atoms with Crippen LogP contribution in [0.4, 0.5) is 26.3 Å². The normalized spacial score (nSPS) is 10.6. The minimum atomic E-state index is -5.08. The van der Waals surface area contributed by atoms with Crippen LogP contribution in [0.15, 0.2) is 0 Å². The number of halogens is 6. The summed E-state index contributed by atoms with van der Waals surface area (Å²) in [5, 5.41) is 14.2. The van der Waals surface area contributed by atoms with Gasteiger partial charge < -0.3 is 15.9 Å². The number of amides is 1. The van der Waals surface area contributed by atoms with Gasteiger partial charge in [-0.25, -0.2) is 9.59 Å². The Bertz CT molecular complexity index is 357. The van der Waals surface area contributed by atoms with Crippen molar-refractivity contribution >= 4 is 17.8 Å². The van der Waals surface area contributed by atoms with Gasteiger partial charge in [-0.3, -0.25) is 4.79 Å². The first-order valence-electron chi connectivity index (χ1n) is 6.54. The Morgan fingerprint density at radius 2 is 1.08 bits per heavy atom. The number of carboxylic acids is 2. The van der Waals surface area contributed by atoms with E-state index in [4.69, 9.17) is 25.5 Å². The van der Waals surface area contributed by atoms with E-state index in [1.807, 2.05) is 0 Å². The zero-order valence-electron chi connectivity index (χ0n) is 12.7. The highest BCUT2D eigenvalue weighted by Crippen LogP contribution is 2.13. The van der Waals surface area contributed by atoms with Gasteiger partial charge in [0.1, 0.15) is 0 Å². The third-order valence-corrected chi connectivity index (χ3v) is 2.01. The van der Waals surface area contributed by atoms with E-state index >= 15 is 0 Å². The monoisotopic (exact) mass is 371 g/mol. The number of hydrogen-bond acceptors (Lipinski definition) is 3. The fourth-order valence-corrected chi connectivity index (χ4v) is 0.903. The molecule has 0 spiro atoms. The Morgan fingerprint density at radius 1 is 0.792 bits per heavy atom. The first kappa shape index (κ1) is 26.9. The molecule has 0 fully saturated rings. The zero-order chi connectivity index (χ0) is 20.0. The number of carboxylic acid groups (broad SMARTS) is 2. The van der Waals surface area contributed by atoms with Gasteiger partial charge in [-0.1, -0.05) is 32.6 Å². The molecule has 0 heterocycles. The van der Waals surface area contributed by atoms with Crippen LogP contribution in [0.3, 0.4) is 0 Å². The molecule has 0 saturated heterocycles. The van der Waals surface area contributed by atoms with Gasteiger partial charge in [0.25, 0.3) is 0 Å². The maximum atomic E-state index is 10.6. The van der Waals surface area contributed by atoms with Crippen molar-refractivity contribution in [2.75, 3.05) is 0 Å². The largest absolute Gasteiger partial charge is 0.490 e. The Labute approximate surface area is 133 Å². The van der Waals surface area contributed by atoms with Crippen molar-refractivity contribution in [1.82, 2.24) is 0 Å².